The Hall–Kier alpha value is -3.33. The third-order valence-electron chi connectivity index (χ3n) is 6.63. The molecule has 0 aromatic carbocycles. The Kier molecular flexibility index (Phi) is 5.34. The van der Waals surface area contributed by atoms with Crippen molar-refractivity contribution in [2.75, 3.05) is 25.0 Å². The number of carbonyl (C=O) groups is 1. The summed E-state index contributed by atoms with van der Waals surface area (Å²) in [5, 5.41) is 2.70. The number of amides is 1. The average Bonchev–Trinajstić information content (AvgIpc) is 2.79. The van der Waals surface area contributed by atoms with Crippen LogP contribution in [0.2, 0.25) is 0 Å². The summed E-state index contributed by atoms with van der Waals surface area (Å²) in [7, 11) is 1.63. The molecule has 2 atom stereocenters. The van der Waals surface area contributed by atoms with Gasteiger partial charge in [-0.2, -0.15) is 0 Å². The van der Waals surface area contributed by atoms with E-state index in [-0.39, 0.29) is 11.5 Å². The van der Waals surface area contributed by atoms with Gasteiger partial charge in [0.15, 0.2) is 11.3 Å². The molecule has 2 fully saturated rings. The second-order valence-corrected chi connectivity index (χ2v) is 8.41. The van der Waals surface area contributed by atoms with Gasteiger partial charge in [0.1, 0.15) is 5.69 Å². The molecule has 4 heterocycles. The van der Waals surface area contributed by atoms with Crippen LogP contribution in [0, 0.1) is 0 Å². The third-order valence-corrected chi connectivity index (χ3v) is 6.63. The van der Waals surface area contributed by atoms with Crippen molar-refractivity contribution >= 4 is 22.8 Å². The fourth-order valence-electron chi connectivity index (χ4n) is 4.85. The van der Waals surface area contributed by atoms with E-state index in [2.05, 4.69) is 35.1 Å². The maximum Gasteiger partial charge on any atom is 0.271 e. The monoisotopic (exact) mass is 433 g/mol. The number of aryl methyl sites for hydroxylation is 1. The molecular weight excluding hydrogens is 406 g/mol. The fourth-order valence-corrected chi connectivity index (χ4v) is 4.85. The molecule has 1 saturated carbocycles. The Balaban J connectivity index is 1.35. The molecule has 32 heavy (non-hydrogen) atoms. The highest BCUT2D eigenvalue weighted by molar-refractivity contribution is 5.97. The Morgan fingerprint density at radius 3 is 2.84 bits per heavy atom. The minimum Gasteiger partial charge on any atom is -0.364 e. The van der Waals surface area contributed by atoms with Gasteiger partial charge in [0, 0.05) is 51.2 Å². The van der Waals surface area contributed by atoms with Crippen molar-refractivity contribution < 1.29 is 4.79 Å². The molecule has 0 radical (unpaired) electrons. The molecule has 9 heteroatoms. The second-order valence-electron chi connectivity index (χ2n) is 8.41. The average molecular weight is 434 g/mol. The minimum absolute atomic E-state index is 0.144. The lowest BCUT2D eigenvalue weighted by Gasteiger charge is -2.55. The number of aromatic nitrogens is 4. The second kappa shape index (κ2) is 8.31. The lowest BCUT2D eigenvalue weighted by atomic mass is 9.81. The normalized spacial score (nSPS) is 20.6. The summed E-state index contributed by atoms with van der Waals surface area (Å²) in [6.07, 6.45) is 6.32. The lowest BCUT2D eigenvalue weighted by Crippen LogP contribution is -2.64. The van der Waals surface area contributed by atoms with Crippen LogP contribution in [0.5, 0.6) is 0 Å². The summed E-state index contributed by atoms with van der Waals surface area (Å²) in [5.41, 5.74) is 4.08. The predicted octanol–water partition coefficient (Wildman–Crippen LogP) is 1.49. The Morgan fingerprint density at radius 1 is 1.25 bits per heavy atom. The van der Waals surface area contributed by atoms with Crippen LogP contribution in [0.1, 0.15) is 41.5 Å². The van der Waals surface area contributed by atoms with Crippen molar-refractivity contribution in [3.05, 3.63) is 57.9 Å². The van der Waals surface area contributed by atoms with Crippen LogP contribution in [0.3, 0.4) is 0 Å². The SMILES string of the molecule is CCc1nc2ncc(CN3CCN(c4cccnc4C(=O)NC)[C@H]4CC[C@H]43)cc2[nH]c1=O. The number of anilines is 1. The molecule has 1 aliphatic carbocycles. The largest absolute Gasteiger partial charge is 0.364 e. The zero-order valence-electron chi connectivity index (χ0n) is 18.3. The van der Waals surface area contributed by atoms with Crippen LogP contribution in [0.15, 0.2) is 35.4 Å². The number of hydrogen-bond acceptors (Lipinski definition) is 7. The van der Waals surface area contributed by atoms with Crippen LogP contribution in [0.4, 0.5) is 5.69 Å². The molecule has 0 unspecified atom stereocenters. The molecule has 9 nitrogen and oxygen atoms in total. The van der Waals surface area contributed by atoms with E-state index in [0.29, 0.717) is 41.1 Å². The maximum atomic E-state index is 12.3. The van der Waals surface area contributed by atoms with Crippen LogP contribution in [-0.2, 0) is 13.0 Å². The summed E-state index contributed by atoms with van der Waals surface area (Å²) in [4.78, 5) is 45.4. The summed E-state index contributed by atoms with van der Waals surface area (Å²) in [6, 6.07) is 6.64. The molecule has 1 amide bonds. The Labute approximate surface area is 185 Å². The maximum absolute atomic E-state index is 12.3. The van der Waals surface area contributed by atoms with Gasteiger partial charge in [-0.25, -0.2) is 15.0 Å². The lowest BCUT2D eigenvalue weighted by molar-refractivity contribution is 0.0656. The van der Waals surface area contributed by atoms with Gasteiger partial charge in [0.2, 0.25) is 0 Å². The van der Waals surface area contributed by atoms with Crippen LogP contribution in [-0.4, -0.2) is 63.0 Å². The van der Waals surface area contributed by atoms with E-state index < -0.39 is 0 Å². The number of nitrogens with one attached hydrogen (secondary N) is 2. The molecule has 0 spiro atoms. The highest BCUT2D eigenvalue weighted by atomic mass is 16.1. The molecule has 1 saturated heterocycles. The van der Waals surface area contributed by atoms with E-state index in [9.17, 15) is 9.59 Å². The molecule has 0 bridgehead atoms. The molecule has 2 aliphatic rings. The van der Waals surface area contributed by atoms with Crippen molar-refractivity contribution in [3.8, 4) is 0 Å². The smallest absolute Gasteiger partial charge is 0.271 e. The minimum atomic E-state index is -0.157. The van der Waals surface area contributed by atoms with Crippen LogP contribution in [0.25, 0.3) is 11.2 Å². The zero-order valence-corrected chi connectivity index (χ0v) is 18.3. The zero-order chi connectivity index (χ0) is 22.2. The first-order chi connectivity index (χ1) is 15.6. The number of hydrogen-bond donors (Lipinski definition) is 2. The van der Waals surface area contributed by atoms with E-state index in [4.69, 9.17) is 0 Å². The van der Waals surface area contributed by atoms with Gasteiger partial charge in [-0.05, 0) is 43.0 Å². The number of pyridine rings is 2. The first-order valence-corrected chi connectivity index (χ1v) is 11.1. The van der Waals surface area contributed by atoms with Gasteiger partial charge in [-0.3, -0.25) is 14.5 Å². The number of H-pyrrole nitrogens is 1. The van der Waals surface area contributed by atoms with Crippen molar-refractivity contribution in [3.63, 3.8) is 0 Å². The van der Waals surface area contributed by atoms with Crippen molar-refractivity contribution in [1.29, 1.82) is 0 Å². The summed E-state index contributed by atoms with van der Waals surface area (Å²) in [6.45, 7) is 4.39. The number of carbonyl (C=O) groups excluding carboxylic acids is 1. The highest BCUT2D eigenvalue weighted by Gasteiger charge is 2.43. The first kappa shape index (κ1) is 20.6. The number of rotatable bonds is 5. The van der Waals surface area contributed by atoms with Gasteiger partial charge < -0.3 is 15.2 Å². The van der Waals surface area contributed by atoms with Crippen LogP contribution >= 0.6 is 0 Å². The number of nitrogens with zero attached hydrogens (tertiary/aromatic N) is 5. The molecule has 3 aromatic rings. The standard InChI is InChI=1S/C23H27N7O2/c1-3-15-22(31)28-16-11-14(12-26-21(16)27-15)13-29-9-10-30(18-7-6-17(18)29)19-5-4-8-25-20(19)23(32)24-2/h4-5,8,11-12,17-18H,3,6-7,9-10,13H2,1-2H3,(H,24,32)(H,28,31)/t17-,18+/m1/s1. The van der Waals surface area contributed by atoms with Crippen molar-refractivity contribution in [1.82, 2.24) is 30.2 Å². The van der Waals surface area contributed by atoms with E-state index >= 15 is 0 Å². The summed E-state index contributed by atoms with van der Waals surface area (Å²) in [5.74, 6) is -0.157. The number of piperazine rings is 1. The van der Waals surface area contributed by atoms with E-state index in [0.717, 1.165) is 43.7 Å². The van der Waals surface area contributed by atoms with Crippen molar-refractivity contribution in [2.24, 2.45) is 0 Å². The Bertz CT molecular complexity index is 1220. The first-order valence-electron chi connectivity index (χ1n) is 11.1. The molecule has 166 valence electrons. The quantitative estimate of drug-likeness (QED) is 0.628. The summed E-state index contributed by atoms with van der Waals surface area (Å²) < 4.78 is 0. The third kappa shape index (κ3) is 3.52. The van der Waals surface area contributed by atoms with Gasteiger partial charge in [0.05, 0.1) is 11.2 Å². The fraction of sp³-hybridized carbons (Fsp3) is 0.435. The van der Waals surface area contributed by atoms with Gasteiger partial charge in [0.25, 0.3) is 11.5 Å². The van der Waals surface area contributed by atoms with Gasteiger partial charge >= 0.3 is 0 Å². The molecular formula is C23H27N7O2. The van der Waals surface area contributed by atoms with Crippen LogP contribution < -0.4 is 15.8 Å². The molecule has 2 N–H and O–H groups in total. The molecule has 1 aliphatic heterocycles. The van der Waals surface area contributed by atoms with E-state index in [1.54, 1.807) is 13.2 Å². The Morgan fingerprint density at radius 2 is 2.09 bits per heavy atom. The van der Waals surface area contributed by atoms with E-state index in [1.807, 2.05) is 31.3 Å². The van der Waals surface area contributed by atoms with E-state index in [1.165, 1.54) is 0 Å². The molecule has 3 aromatic heterocycles. The van der Waals surface area contributed by atoms with Crippen molar-refractivity contribution in [2.45, 2.75) is 44.8 Å². The highest BCUT2D eigenvalue weighted by Crippen LogP contribution is 2.38. The summed E-state index contributed by atoms with van der Waals surface area (Å²) >= 11 is 0. The van der Waals surface area contributed by atoms with Gasteiger partial charge in [-0.1, -0.05) is 6.92 Å². The predicted molar refractivity (Wildman–Crippen MR) is 122 cm³/mol. The topological polar surface area (TPSA) is 107 Å². The number of aromatic amines is 1. The molecule has 5 rings (SSSR count). The van der Waals surface area contributed by atoms with Gasteiger partial charge in [-0.15, -0.1) is 0 Å². The number of fused-ring (bicyclic) bond motifs is 2.